The van der Waals surface area contributed by atoms with Gasteiger partial charge in [0.05, 0.1) is 6.61 Å². The van der Waals surface area contributed by atoms with E-state index in [0.29, 0.717) is 5.41 Å². The Morgan fingerprint density at radius 1 is 1.03 bits per heavy atom. The highest BCUT2D eigenvalue weighted by molar-refractivity contribution is 5.93. The van der Waals surface area contributed by atoms with E-state index in [1.165, 1.54) is 56.9 Å². The highest BCUT2D eigenvalue weighted by Crippen LogP contribution is 2.22. The molecule has 0 heterocycles. The van der Waals surface area contributed by atoms with Crippen LogP contribution in [0.15, 0.2) is 35.1 Å². The topological polar surface area (TPSA) is 75.1 Å². The summed E-state index contributed by atoms with van der Waals surface area (Å²) in [6.45, 7) is 8.90. The van der Waals surface area contributed by atoms with Gasteiger partial charge in [-0.25, -0.2) is 4.79 Å². The van der Waals surface area contributed by atoms with Crippen molar-refractivity contribution in [3.8, 4) is 0 Å². The number of rotatable bonds is 13. The Balaban J connectivity index is 2.31. The third-order valence-electron chi connectivity index (χ3n) is 4.81. The van der Waals surface area contributed by atoms with E-state index < -0.39 is 5.97 Å². The molecule has 0 bridgehead atoms. The summed E-state index contributed by atoms with van der Waals surface area (Å²) in [5.41, 5.74) is 11.2. The van der Waals surface area contributed by atoms with Gasteiger partial charge in [0.1, 0.15) is 5.70 Å². The highest BCUT2D eigenvalue weighted by atomic mass is 16.5. The van der Waals surface area contributed by atoms with E-state index in [9.17, 15) is 4.79 Å². The molecule has 0 atom stereocenters. The summed E-state index contributed by atoms with van der Waals surface area (Å²) < 4.78 is 4.90. The Kier molecular flexibility index (Phi) is 11.8. The summed E-state index contributed by atoms with van der Waals surface area (Å²) in [5, 5.41) is 3.44. The Bertz CT molecular complexity index is 681. The van der Waals surface area contributed by atoms with Crippen LogP contribution in [-0.4, -0.2) is 12.6 Å². The number of hydrogen-bond donors (Lipinski definition) is 0. The summed E-state index contributed by atoms with van der Waals surface area (Å²) >= 11 is 0. The molecule has 5 nitrogen and oxygen atoms in total. The van der Waals surface area contributed by atoms with Crippen molar-refractivity contribution in [1.82, 2.24) is 0 Å². The fourth-order valence-electron chi connectivity index (χ4n) is 3.19. The van der Waals surface area contributed by atoms with Gasteiger partial charge in [-0.1, -0.05) is 88.7 Å². The van der Waals surface area contributed by atoms with Crippen LogP contribution in [0.3, 0.4) is 0 Å². The average Bonchev–Trinajstić information content (AvgIpc) is 2.67. The Morgan fingerprint density at radius 3 is 2.17 bits per heavy atom. The van der Waals surface area contributed by atoms with Crippen molar-refractivity contribution in [2.45, 2.75) is 85.5 Å². The van der Waals surface area contributed by atoms with E-state index in [0.717, 1.165) is 12.0 Å². The lowest BCUT2D eigenvalue weighted by atomic mass is 9.89. The molecule has 0 N–H and O–H groups in total. The Hall–Kier alpha value is -2.26. The molecule has 0 aliphatic carbocycles. The van der Waals surface area contributed by atoms with Gasteiger partial charge >= 0.3 is 5.97 Å². The molecule has 0 amide bonds. The van der Waals surface area contributed by atoms with Gasteiger partial charge in [-0.15, -0.1) is 0 Å². The minimum atomic E-state index is -0.604. The summed E-state index contributed by atoms with van der Waals surface area (Å²) in [4.78, 5) is 14.5. The monoisotopic (exact) mass is 399 g/mol. The van der Waals surface area contributed by atoms with E-state index >= 15 is 0 Å². The van der Waals surface area contributed by atoms with Crippen molar-refractivity contribution in [3.63, 3.8) is 0 Å². The molecule has 5 heteroatoms. The lowest BCUT2D eigenvalue weighted by molar-refractivity contribution is -0.138. The van der Waals surface area contributed by atoms with Crippen LogP contribution < -0.4 is 0 Å². The first-order chi connectivity index (χ1) is 13.9. The number of benzene rings is 1. The highest BCUT2D eigenvalue weighted by Gasteiger charge is 2.09. The van der Waals surface area contributed by atoms with Gasteiger partial charge in [-0.05, 0) is 54.3 Å². The zero-order valence-corrected chi connectivity index (χ0v) is 18.6. The lowest BCUT2D eigenvalue weighted by Gasteiger charge is -2.17. The summed E-state index contributed by atoms with van der Waals surface area (Å²) in [6, 6.07) is 8.02. The van der Waals surface area contributed by atoms with E-state index in [1.54, 1.807) is 13.0 Å². The van der Waals surface area contributed by atoms with Gasteiger partial charge in [0.15, 0.2) is 0 Å². The van der Waals surface area contributed by atoms with Crippen LogP contribution in [-0.2, 0) is 16.0 Å². The molecule has 0 saturated carbocycles. The van der Waals surface area contributed by atoms with E-state index in [-0.39, 0.29) is 12.3 Å². The summed E-state index contributed by atoms with van der Waals surface area (Å²) in [5.74, 6) is -0.604. The quantitative estimate of drug-likeness (QED) is 0.0854. The van der Waals surface area contributed by atoms with Crippen molar-refractivity contribution in [2.24, 2.45) is 10.5 Å². The number of hydrogen-bond acceptors (Lipinski definition) is 3. The van der Waals surface area contributed by atoms with Crippen molar-refractivity contribution in [3.05, 3.63) is 51.5 Å². The molecule has 0 spiro atoms. The number of carbonyl (C=O) groups excluding carboxylic acids is 1. The Labute approximate surface area is 176 Å². The molecule has 0 saturated heterocycles. The van der Waals surface area contributed by atoms with Gasteiger partial charge in [0.2, 0.25) is 0 Å². The minimum Gasteiger partial charge on any atom is -0.462 e. The molecule has 160 valence electrons. The molecular weight excluding hydrogens is 362 g/mol. The largest absolute Gasteiger partial charge is 0.462 e. The molecule has 0 fully saturated rings. The molecule has 1 aromatic carbocycles. The maximum Gasteiger partial charge on any atom is 0.340 e. The van der Waals surface area contributed by atoms with E-state index in [4.69, 9.17) is 10.3 Å². The molecular formula is C24H37N3O2. The second kappa shape index (κ2) is 13.8. The third kappa shape index (κ3) is 12.0. The van der Waals surface area contributed by atoms with Crippen LogP contribution in [0, 0.1) is 5.41 Å². The van der Waals surface area contributed by atoms with Crippen molar-refractivity contribution in [1.29, 1.82) is 0 Å². The number of carbonyl (C=O) groups is 1. The molecule has 0 aromatic heterocycles. The van der Waals surface area contributed by atoms with Crippen LogP contribution in [0.1, 0.15) is 90.2 Å². The van der Waals surface area contributed by atoms with Crippen LogP contribution in [0.4, 0.5) is 0 Å². The van der Waals surface area contributed by atoms with Crippen molar-refractivity contribution < 1.29 is 9.53 Å². The number of nitrogens with zero attached hydrogens (tertiary/aromatic N) is 3. The SMILES string of the molecule is CCOC(=O)C(=Cc1ccc(CCCCCCCCCC(C)(C)C)cc1)N=[N+]=[N-]. The Morgan fingerprint density at radius 2 is 1.62 bits per heavy atom. The molecule has 0 unspecified atom stereocenters. The van der Waals surface area contributed by atoms with Crippen LogP contribution in [0.2, 0.25) is 0 Å². The van der Waals surface area contributed by atoms with E-state index in [1.807, 2.05) is 12.1 Å². The predicted molar refractivity (Wildman–Crippen MR) is 120 cm³/mol. The number of azide groups is 1. The minimum absolute atomic E-state index is 0.0235. The van der Waals surface area contributed by atoms with Gasteiger partial charge in [-0.2, -0.15) is 0 Å². The van der Waals surface area contributed by atoms with Crippen LogP contribution >= 0.6 is 0 Å². The second-order valence-electron chi connectivity index (χ2n) is 8.72. The normalized spacial score (nSPS) is 11.8. The maximum atomic E-state index is 11.8. The molecule has 29 heavy (non-hydrogen) atoms. The molecule has 0 aliphatic heterocycles. The predicted octanol–water partition coefficient (Wildman–Crippen LogP) is 7.61. The van der Waals surface area contributed by atoms with Gasteiger partial charge in [0.25, 0.3) is 0 Å². The van der Waals surface area contributed by atoms with E-state index in [2.05, 4.69) is 42.9 Å². The first-order valence-electron chi connectivity index (χ1n) is 10.9. The van der Waals surface area contributed by atoms with Gasteiger partial charge in [0, 0.05) is 4.91 Å². The summed E-state index contributed by atoms with van der Waals surface area (Å²) in [7, 11) is 0. The summed E-state index contributed by atoms with van der Waals surface area (Å²) in [6.07, 6.45) is 13.1. The lowest BCUT2D eigenvalue weighted by Crippen LogP contribution is -2.05. The maximum absolute atomic E-state index is 11.8. The fraction of sp³-hybridized carbons (Fsp3) is 0.625. The standard InChI is InChI=1S/C24H37N3O2/c1-5-29-23(28)22(26-27-25)19-21-16-14-20(15-17-21)13-11-9-7-6-8-10-12-18-24(2,3)4/h14-17,19H,5-13,18H2,1-4H3. The average molecular weight is 400 g/mol. The van der Waals surface area contributed by atoms with Gasteiger partial charge in [-0.3, -0.25) is 0 Å². The van der Waals surface area contributed by atoms with Crippen molar-refractivity contribution in [2.75, 3.05) is 6.61 Å². The molecule has 1 aromatic rings. The molecule has 0 radical (unpaired) electrons. The number of unbranched alkanes of at least 4 members (excludes halogenated alkanes) is 6. The number of aryl methyl sites for hydroxylation is 1. The first-order valence-corrected chi connectivity index (χ1v) is 10.9. The number of ether oxygens (including phenoxy) is 1. The van der Waals surface area contributed by atoms with Gasteiger partial charge < -0.3 is 4.74 Å². The smallest absolute Gasteiger partial charge is 0.340 e. The van der Waals surface area contributed by atoms with Crippen LogP contribution in [0.25, 0.3) is 16.5 Å². The second-order valence-corrected chi connectivity index (χ2v) is 8.72. The zero-order chi connectivity index (χ0) is 21.5. The zero-order valence-electron chi connectivity index (χ0n) is 18.6. The van der Waals surface area contributed by atoms with Crippen LogP contribution in [0.5, 0.6) is 0 Å². The number of esters is 1. The first kappa shape index (κ1) is 24.8. The molecule has 0 aliphatic rings. The third-order valence-corrected chi connectivity index (χ3v) is 4.81. The fourth-order valence-corrected chi connectivity index (χ4v) is 3.19. The van der Waals surface area contributed by atoms with Crippen molar-refractivity contribution >= 4 is 12.0 Å². The molecule has 1 rings (SSSR count).